The highest BCUT2D eigenvalue weighted by Crippen LogP contribution is 2.36. The molecule has 0 aromatic heterocycles. The molecule has 0 bridgehead atoms. The van der Waals surface area contributed by atoms with E-state index < -0.39 is 11.7 Å². The molecule has 1 aliphatic heterocycles. The van der Waals surface area contributed by atoms with Gasteiger partial charge in [0.2, 0.25) is 5.91 Å². The van der Waals surface area contributed by atoms with E-state index in [1.807, 2.05) is 4.90 Å². The number of benzene rings is 1. The summed E-state index contributed by atoms with van der Waals surface area (Å²) in [7, 11) is 0. The Morgan fingerprint density at radius 1 is 1.26 bits per heavy atom. The lowest BCUT2D eigenvalue weighted by Gasteiger charge is -2.22. The van der Waals surface area contributed by atoms with E-state index in [1.165, 1.54) is 13.0 Å². The van der Waals surface area contributed by atoms with Gasteiger partial charge in [-0.2, -0.15) is 13.2 Å². The molecule has 0 radical (unpaired) electrons. The van der Waals surface area contributed by atoms with Gasteiger partial charge in [-0.3, -0.25) is 4.79 Å². The Morgan fingerprint density at radius 3 is 2.42 bits per heavy atom. The molecule has 0 atom stereocenters. The fraction of sp³-hybridized carbons (Fsp3) is 0.462. The van der Waals surface area contributed by atoms with E-state index in [1.54, 1.807) is 0 Å². The van der Waals surface area contributed by atoms with E-state index in [2.05, 4.69) is 5.32 Å². The quantitative estimate of drug-likeness (QED) is 0.896. The van der Waals surface area contributed by atoms with Crippen molar-refractivity contribution in [1.82, 2.24) is 0 Å². The van der Waals surface area contributed by atoms with Crippen LogP contribution in [0.4, 0.5) is 24.5 Å². The van der Waals surface area contributed by atoms with Gasteiger partial charge in [-0.25, -0.2) is 0 Å². The lowest BCUT2D eigenvalue weighted by molar-refractivity contribution is -0.137. The first-order valence-corrected chi connectivity index (χ1v) is 6.12. The van der Waals surface area contributed by atoms with Gasteiger partial charge in [-0.15, -0.1) is 0 Å². The van der Waals surface area contributed by atoms with Crippen LogP contribution in [0, 0.1) is 0 Å². The van der Waals surface area contributed by atoms with Gasteiger partial charge in [0.1, 0.15) is 0 Å². The molecular weight excluding hydrogens is 257 g/mol. The van der Waals surface area contributed by atoms with Gasteiger partial charge in [0.05, 0.1) is 16.9 Å². The number of hydrogen-bond donors (Lipinski definition) is 1. The van der Waals surface area contributed by atoms with E-state index in [9.17, 15) is 18.0 Å². The highest BCUT2D eigenvalue weighted by atomic mass is 19.4. The Bertz CT molecular complexity index is 479. The molecule has 1 N–H and O–H groups in total. The average molecular weight is 272 g/mol. The van der Waals surface area contributed by atoms with Crippen LogP contribution in [-0.4, -0.2) is 19.0 Å². The predicted molar refractivity (Wildman–Crippen MR) is 67.2 cm³/mol. The van der Waals surface area contributed by atoms with Crippen molar-refractivity contribution < 1.29 is 18.0 Å². The maximum Gasteiger partial charge on any atom is 0.416 e. The Morgan fingerprint density at radius 2 is 1.89 bits per heavy atom. The van der Waals surface area contributed by atoms with Crippen LogP contribution >= 0.6 is 0 Å². The lowest BCUT2D eigenvalue weighted by Crippen LogP contribution is -2.21. The van der Waals surface area contributed by atoms with Crippen molar-refractivity contribution in [2.75, 3.05) is 23.3 Å². The van der Waals surface area contributed by atoms with Crippen LogP contribution in [0.1, 0.15) is 25.3 Å². The molecule has 1 aliphatic rings. The normalized spacial score (nSPS) is 15.7. The zero-order valence-electron chi connectivity index (χ0n) is 10.5. The van der Waals surface area contributed by atoms with E-state index in [0.29, 0.717) is 5.69 Å². The number of anilines is 2. The zero-order chi connectivity index (χ0) is 14.0. The fourth-order valence-electron chi connectivity index (χ4n) is 2.24. The van der Waals surface area contributed by atoms with Crippen molar-refractivity contribution in [3.05, 3.63) is 23.8 Å². The summed E-state index contributed by atoms with van der Waals surface area (Å²) in [4.78, 5) is 13.1. The highest BCUT2D eigenvalue weighted by Gasteiger charge is 2.31. The minimum atomic E-state index is -4.41. The molecule has 1 heterocycles. The van der Waals surface area contributed by atoms with Crippen molar-refractivity contribution in [2.24, 2.45) is 0 Å². The van der Waals surface area contributed by atoms with Crippen LogP contribution < -0.4 is 10.2 Å². The largest absolute Gasteiger partial charge is 0.416 e. The molecule has 2 rings (SSSR count). The summed E-state index contributed by atoms with van der Waals surface area (Å²) in [6, 6.07) is 3.48. The molecule has 0 saturated carbocycles. The van der Waals surface area contributed by atoms with Crippen molar-refractivity contribution in [3.63, 3.8) is 0 Å². The molecule has 1 aromatic carbocycles. The number of alkyl halides is 3. The second-order valence-corrected chi connectivity index (χ2v) is 4.61. The molecule has 1 amide bonds. The summed E-state index contributed by atoms with van der Waals surface area (Å²) in [5.74, 6) is -0.375. The van der Waals surface area contributed by atoms with Gasteiger partial charge in [-0.05, 0) is 31.0 Å². The number of rotatable bonds is 2. The third kappa shape index (κ3) is 3.19. The lowest BCUT2D eigenvalue weighted by atomic mass is 10.1. The van der Waals surface area contributed by atoms with Crippen LogP contribution in [0.3, 0.4) is 0 Å². The molecule has 6 heteroatoms. The van der Waals surface area contributed by atoms with Crippen LogP contribution in [0.5, 0.6) is 0 Å². The van der Waals surface area contributed by atoms with Gasteiger partial charge in [0.25, 0.3) is 0 Å². The average Bonchev–Trinajstić information content (AvgIpc) is 2.80. The highest BCUT2D eigenvalue weighted by molar-refractivity contribution is 5.93. The molecule has 1 saturated heterocycles. The minimum Gasteiger partial charge on any atom is -0.370 e. The summed E-state index contributed by atoms with van der Waals surface area (Å²) < 4.78 is 38.1. The fourth-order valence-corrected chi connectivity index (χ4v) is 2.24. The second-order valence-electron chi connectivity index (χ2n) is 4.61. The number of amides is 1. The third-order valence-corrected chi connectivity index (χ3v) is 3.08. The first-order valence-electron chi connectivity index (χ1n) is 6.12. The van der Waals surface area contributed by atoms with Crippen LogP contribution in [0.25, 0.3) is 0 Å². The Labute approximate surface area is 109 Å². The van der Waals surface area contributed by atoms with Gasteiger partial charge >= 0.3 is 6.18 Å². The molecule has 104 valence electrons. The van der Waals surface area contributed by atoms with E-state index in [4.69, 9.17) is 0 Å². The maximum absolute atomic E-state index is 12.7. The summed E-state index contributed by atoms with van der Waals surface area (Å²) in [5, 5.41) is 2.48. The molecule has 3 nitrogen and oxygen atoms in total. The van der Waals surface area contributed by atoms with Gasteiger partial charge in [0.15, 0.2) is 0 Å². The molecule has 0 aliphatic carbocycles. The molecule has 0 unspecified atom stereocenters. The van der Waals surface area contributed by atoms with Crippen molar-refractivity contribution in [1.29, 1.82) is 0 Å². The van der Waals surface area contributed by atoms with Gasteiger partial charge in [-0.1, -0.05) is 0 Å². The molecule has 1 aromatic rings. The topological polar surface area (TPSA) is 32.3 Å². The summed E-state index contributed by atoms with van der Waals surface area (Å²) in [6.07, 6.45) is -2.38. The van der Waals surface area contributed by atoms with E-state index in [-0.39, 0.29) is 11.6 Å². The number of carbonyl (C=O) groups is 1. The number of carbonyl (C=O) groups excluding carboxylic acids is 1. The number of nitrogens with one attached hydrogen (secondary N) is 1. The summed E-state index contributed by atoms with van der Waals surface area (Å²) in [5.41, 5.74) is 0.129. The number of halogens is 3. The monoisotopic (exact) mass is 272 g/mol. The molecule has 0 spiro atoms. The zero-order valence-corrected chi connectivity index (χ0v) is 10.5. The van der Waals surface area contributed by atoms with Crippen LogP contribution in [0.15, 0.2) is 18.2 Å². The van der Waals surface area contributed by atoms with E-state index in [0.717, 1.165) is 38.1 Å². The Kier molecular flexibility index (Phi) is 3.68. The van der Waals surface area contributed by atoms with Crippen LogP contribution in [0.2, 0.25) is 0 Å². The minimum absolute atomic E-state index is 0.226. The molecule has 1 fully saturated rings. The Hall–Kier alpha value is -1.72. The van der Waals surface area contributed by atoms with Crippen molar-refractivity contribution in [3.8, 4) is 0 Å². The SMILES string of the molecule is CC(=O)Nc1cc(C(F)(F)F)ccc1N1CCCC1. The van der Waals surface area contributed by atoms with Crippen LogP contribution in [-0.2, 0) is 11.0 Å². The second kappa shape index (κ2) is 5.11. The van der Waals surface area contributed by atoms with Crippen molar-refractivity contribution in [2.45, 2.75) is 25.9 Å². The van der Waals surface area contributed by atoms with Gasteiger partial charge < -0.3 is 10.2 Å². The Balaban J connectivity index is 2.39. The maximum atomic E-state index is 12.7. The first-order chi connectivity index (χ1) is 8.88. The summed E-state index contributed by atoms with van der Waals surface area (Å²) in [6.45, 7) is 2.89. The molecule has 19 heavy (non-hydrogen) atoms. The third-order valence-electron chi connectivity index (χ3n) is 3.08. The van der Waals surface area contributed by atoms with Gasteiger partial charge in [0, 0.05) is 20.0 Å². The number of hydrogen-bond acceptors (Lipinski definition) is 2. The predicted octanol–water partition coefficient (Wildman–Crippen LogP) is 3.26. The first kappa shape index (κ1) is 13.7. The smallest absolute Gasteiger partial charge is 0.370 e. The number of nitrogens with zero attached hydrogens (tertiary/aromatic N) is 1. The van der Waals surface area contributed by atoms with E-state index >= 15 is 0 Å². The summed E-state index contributed by atoms with van der Waals surface area (Å²) >= 11 is 0. The van der Waals surface area contributed by atoms with Crippen molar-refractivity contribution >= 4 is 17.3 Å². The standard InChI is InChI=1S/C13H15F3N2O/c1-9(19)17-11-8-10(13(14,15)16)4-5-12(11)18-6-2-3-7-18/h4-5,8H,2-3,6-7H2,1H3,(H,17,19). The molecular formula is C13H15F3N2O.